The maximum atomic E-state index is 10.8. The number of carbonyl (C=O) groups is 2. The number of aliphatic carboxylic acids is 1. The molecule has 1 saturated heterocycles. The molecule has 1 rings (SSSR count). The van der Waals surface area contributed by atoms with Crippen molar-refractivity contribution in [1.82, 2.24) is 4.90 Å². The molecule has 0 bridgehead atoms. The van der Waals surface area contributed by atoms with Crippen molar-refractivity contribution in [1.29, 1.82) is 0 Å². The van der Waals surface area contributed by atoms with Crippen LogP contribution in [0.25, 0.3) is 0 Å². The standard InChI is InChI=1S/C7H11NO3.Na/c1-5(9)8-4-2-3-6(8)7(10)11;/h6H,2-4H2,1H3,(H,10,11);/q;+1/p-1. The van der Waals surface area contributed by atoms with Crippen LogP contribution in [0.3, 0.4) is 0 Å². The van der Waals surface area contributed by atoms with Gasteiger partial charge in [-0.2, -0.15) is 0 Å². The summed E-state index contributed by atoms with van der Waals surface area (Å²) in [7, 11) is 0. The van der Waals surface area contributed by atoms with Crippen LogP contribution in [0, 0.1) is 0 Å². The molecule has 0 radical (unpaired) electrons. The predicted molar refractivity (Wildman–Crippen MR) is 35.4 cm³/mol. The first kappa shape index (κ1) is 11.9. The van der Waals surface area contributed by atoms with Gasteiger partial charge in [0.15, 0.2) is 0 Å². The number of carboxylic acid groups (broad SMARTS) is 1. The quantitative estimate of drug-likeness (QED) is 0.383. The van der Waals surface area contributed by atoms with E-state index in [1.54, 1.807) is 0 Å². The van der Waals surface area contributed by atoms with E-state index in [2.05, 4.69) is 0 Å². The molecule has 0 aromatic heterocycles. The van der Waals surface area contributed by atoms with Crippen LogP contribution in [0.1, 0.15) is 19.8 Å². The second-order valence-electron chi connectivity index (χ2n) is 2.69. The molecule has 0 aromatic rings. The van der Waals surface area contributed by atoms with Crippen molar-refractivity contribution in [3.8, 4) is 0 Å². The normalized spacial score (nSPS) is 21.8. The van der Waals surface area contributed by atoms with E-state index in [1.807, 2.05) is 0 Å². The zero-order chi connectivity index (χ0) is 8.43. The van der Waals surface area contributed by atoms with Gasteiger partial charge in [0, 0.05) is 13.5 Å². The van der Waals surface area contributed by atoms with Crippen LogP contribution in [0.2, 0.25) is 0 Å². The molecular weight excluding hydrogens is 169 g/mol. The zero-order valence-electron chi connectivity index (χ0n) is 7.37. The molecule has 62 valence electrons. The molecule has 4 nitrogen and oxygen atoms in total. The van der Waals surface area contributed by atoms with Crippen LogP contribution >= 0.6 is 0 Å². The van der Waals surface area contributed by atoms with E-state index in [-0.39, 0.29) is 35.5 Å². The second-order valence-corrected chi connectivity index (χ2v) is 2.69. The van der Waals surface area contributed by atoms with Gasteiger partial charge in [0.05, 0.1) is 12.0 Å². The van der Waals surface area contributed by atoms with Crippen LogP contribution in [0.5, 0.6) is 0 Å². The fourth-order valence-electron chi connectivity index (χ4n) is 1.39. The number of nitrogens with zero attached hydrogens (tertiary/aromatic N) is 1. The number of amides is 1. The molecule has 0 spiro atoms. The van der Waals surface area contributed by atoms with Crippen LogP contribution < -0.4 is 34.7 Å². The Morgan fingerprint density at radius 1 is 1.50 bits per heavy atom. The largest absolute Gasteiger partial charge is 1.00 e. The third-order valence-corrected chi connectivity index (χ3v) is 1.93. The Morgan fingerprint density at radius 3 is 2.42 bits per heavy atom. The summed E-state index contributed by atoms with van der Waals surface area (Å²) in [5.74, 6) is -1.32. The number of rotatable bonds is 1. The molecule has 0 aliphatic carbocycles. The van der Waals surface area contributed by atoms with Crippen LogP contribution in [-0.4, -0.2) is 29.4 Å². The minimum Gasteiger partial charge on any atom is -0.548 e. The maximum absolute atomic E-state index is 10.8. The van der Waals surface area contributed by atoms with E-state index in [0.29, 0.717) is 13.0 Å². The summed E-state index contributed by atoms with van der Waals surface area (Å²) in [6, 6.07) is -0.688. The minimum absolute atomic E-state index is 0. The molecular formula is C7H10NNaO3. The van der Waals surface area contributed by atoms with Gasteiger partial charge in [0.1, 0.15) is 0 Å². The SMILES string of the molecule is CC(=O)N1CCCC1C(=O)[O-].[Na+]. The molecule has 1 aliphatic rings. The van der Waals surface area contributed by atoms with E-state index in [0.717, 1.165) is 6.42 Å². The van der Waals surface area contributed by atoms with Gasteiger partial charge in [0.2, 0.25) is 5.91 Å². The number of carboxylic acids is 1. The molecule has 1 aliphatic heterocycles. The maximum Gasteiger partial charge on any atom is 1.00 e. The van der Waals surface area contributed by atoms with E-state index in [4.69, 9.17) is 0 Å². The molecule has 1 amide bonds. The van der Waals surface area contributed by atoms with Crippen molar-refractivity contribution in [3.63, 3.8) is 0 Å². The first-order chi connectivity index (χ1) is 5.13. The smallest absolute Gasteiger partial charge is 0.548 e. The fourth-order valence-corrected chi connectivity index (χ4v) is 1.39. The number of hydrogen-bond acceptors (Lipinski definition) is 3. The van der Waals surface area contributed by atoms with Crippen LogP contribution in [0.4, 0.5) is 0 Å². The summed E-state index contributed by atoms with van der Waals surface area (Å²) in [5.41, 5.74) is 0. The van der Waals surface area contributed by atoms with Gasteiger partial charge < -0.3 is 14.8 Å². The Hall–Kier alpha value is -0.0600. The number of likely N-dealkylation sites (tertiary alicyclic amines) is 1. The Labute approximate surface area is 93.2 Å². The summed E-state index contributed by atoms with van der Waals surface area (Å²) in [6.45, 7) is 1.93. The minimum atomic E-state index is -1.14. The summed E-state index contributed by atoms with van der Waals surface area (Å²) >= 11 is 0. The Bertz CT molecular complexity index is 175. The summed E-state index contributed by atoms with van der Waals surface area (Å²) in [5, 5.41) is 10.4. The van der Waals surface area contributed by atoms with Gasteiger partial charge in [-0.1, -0.05) is 0 Å². The van der Waals surface area contributed by atoms with Gasteiger partial charge in [-0.05, 0) is 12.8 Å². The van der Waals surface area contributed by atoms with E-state index >= 15 is 0 Å². The Morgan fingerprint density at radius 2 is 2.08 bits per heavy atom. The first-order valence-corrected chi connectivity index (χ1v) is 3.61. The van der Waals surface area contributed by atoms with Crippen molar-refractivity contribution in [2.24, 2.45) is 0 Å². The monoisotopic (exact) mass is 179 g/mol. The summed E-state index contributed by atoms with van der Waals surface area (Å²) in [4.78, 5) is 22.5. The van der Waals surface area contributed by atoms with Gasteiger partial charge in [-0.3, -0.25) is 4.79 Å². The molecule has 1 atom stereocenters. The topological polar surface area (TPSA) is 60.4 Å². The average Bonchev–Trinajstić information content (AvgIpc) is 2.32. The van der Waals surface area contributed by atoms with Crippen LogP contribution in [-0.2, 0) is 9.59 Å². The van der Waals surface area contributed by atoms with Crippen molar-refractivity contribution in [2.45, 2.75) is 25.8 Å². The Kier molecular flexibility index (Phi) is 4.82. The van der Waals surface area contributed by atoms with Gasteiger partial charge in [0.25, 0.3) is 0 Å². The predicted octanol–water partition coefficient (Wildman–Crippen LogP) is -4.25. The van der Waals surface area contributed by atoms with E-state index < -0.39 is 12.0 Å². The third kappa shape index (κ3) is 2.47. The molecule has 1 heterocycles. The van der Waals surface area contributed by atoms with Gasteiger partial charge in [-0.15, -0.1) is 0 Å². The molecule has 0 saturated carbocycles. The Balaban J connectivity index is 0.00000121. The zero-order valence-corrected chi connectivity index (χ0v) is 9.37. The molecule has 0 aromatic carbocycles. The van der Waals surface area contributed by atoms with E-state index in [9.17, 15) is 14.7 Å². The van der Waals surface area contributed by atoms with E-state index in [1.165, 1.54) is 11.8 Å². The van der Waals surface area contributed by atoms with Crippen molar-refractivity contribution < 1.29 is 44.3 Å². The number of carbonyl (C=O) groups excluding carboxylic acids is 2. The van der Waals surface area contributed by atoms with Crippen molar-refractivity contribution >= 4 is 11.9 Å². The van der Waals surface area contributed by atoms with Crippen molar-refractivity contribution in [3.05, 3.63) is 0 Å². The van der Waals surface area contributed by atoms with Crippen LogP contribution in [0.15, 0.2) is 0 Å². The summed E-state index contributed by atoms with van der Waals surface area (Å²) in [6.07, 6.45) is 1.29. The first-order valence-electron chi connectivity index (χ1n) is 3.61. The third-order valence-electron chi connectivity index (χ3n) is 1.93. The molecule has 0 N–H and O–H groups in total. The number of hydrogen-bond donors (Lipinski definition) is 0. The summed E-state index contributed by atoms with van der Waals surface area (Å²) < 4.78 is 0. The molecule has 5 heteroatoms. The molecule has 12 heavy (non-hydrogen) atoms. The average molecular weight is 179 g/mol. The molecule has 1 unspecified atom stereocenters. The van der Waals surface area contributed by atoms with Crippen molar-refractivity contribution in [2.75, 3.05) is 6.54 Å². The molecule has 1 fully saturated rings. The second kappa shape index (κ2) is 4.84. The fraction of sp³-hybridized carbons (Fsp3) is 0.714. The van der Waals surface area contributed by atoms with Gasteiger partial charge in [-0.25, -0.2) is 0 Å². The van der Waals surface area contributed by atoms with Gasteiger partial charge >= 0.3 is 29.6 Å².